The Morgan fingerprint density at radius 2 is 2.28 bits per heavy atom. The quantitative estimate of drug-likeness (QED) is 0.788. The Morgan fingerprint density at radius 1 is 1.50 bits per heavy atom. The van der Waals surface area contributed by atoms with Gasteiger partial charge in [-0.1, -0.05) is 0 Å². The predicted molar refractivity (Wildman–Crippen MR) is 72.0 cm³/mol. The van der Waals surface area contributed by atoms with Gasteiger partial charge in [0.15, 0.2) is 11.5 Å². The highest BCUT2D eigenvalue weighted by atomic mass is 32.1. The minimum absolute atomic E-state index is 0.0189. The second-order valence-corrected chi connectivity index (χ2v) is 4.82. The molecule has 2 heterocycles. The van der Waals surface area contributed by atoms with Crippen molar-refractivity contribution in [1.29, 1.82) is 0 Å². The summed E-state index contributed by atoms with van der Waals surface area (Å²) < 4.78 is 0. The second-order valence-electron chi connectivity index (χ2n) is 3.82. The molecule has 0 amide bonds. The van der Waals surface area contributed by atoms with E-state index in [2.05, 4.69) is 10.3 Å². The average molecular weight is 263 g/mol. The molecule has 2 aromatic heterocycles. The Morgan fingerprint density at radius 3 is 2.89 bits per heavy atom. The Kier molecular flexibility index (Phi) is 3.47. The van der Waals surface area contributed by atoms with Gasteiger partial charge in [0.25, 0.3) is 0 Å². The van der Waals surface area contributed by atoms with Gasteiger partial charge in [0.2, 0.25) is 0 Å². The van der Waals surface area contributed by atoms with Crippen LogP contribution in [0.2, 0.25) is 0 Å². The average Bonchev–Trinajstić information content (AvgIpc) is 2.73. The van der Waals surface area contributed by atoms with E-state index < -0.39 is 5.97 Å². The van der Waals surface area contributed by atoms with E-state index in [1.807, 2.05) is 18.4 Å². The molecule has 0 atom stereocenters. The molecular formula is C12H13N3O2S. The van der Waals surface area contributed by atoms with Gasteiger partial charge < -0.3 is 16.2 Å². The first-order valence-corrected chi connectivity index (χ1v) is 6.22. The highest BCUT2D eigenvalue weighted by Crippen LogP contribution is 2.20. The van der Waals surface area contributed by atoms with E-state index in [0.29, 0.717) is 18.1 Å². The van der Waals surface area contributed by atoms with Crippen molar-refractivity contribution in [3.05, 3.63) is 39.7 Å². The molecule has 6 heteroatoms. The summed E-state index contributed by atoms with van der Waals surface area (Å²) in [7, 11) is 0. The van der Waals surface area contributed by atoms with Gasteiger partial charge in [-0.15, -0.1) is 11.3 Å². The predicted octanol–water partition coefficient (Wildman–Crippen LogP) is 2.34. The van der Waals surface area contributed by atoms with Gasteiger partial charge in [-0.05, 0) is 36.1 Å². The van der Waals surface area contributed by atoms with Crippen LogP contribution in [-0.4, -0.2) is 16.1 Å². The van der Waals surface area contributed by atoms with E-state index in [9.17, 15) is 4.79 Å². The molecule has 0 unspecified atom stereocenters. The van der Waals surface area contributed by atoms with E-state index in [1.54, 1.807) is 17.4 Å². The van der Waals surface area contributed by atoms with Gasteiger partial charge in [0.05, 0.1) is 12.2 Å². The maximum atomic E-state index is 10.8. The Hall–Kier alpha value is -2.08. The van der Waals surface area contributed by atoms with Crippen molar-refractivity contribution in [3.63, 3.8) is 0 Å². The van der Waals surface area contributed by atoms with Crippen LogP contribution in [-0.2, 0) is 6.54 Å². The number of aromatic carboxylic acids is 1. The van der Waals surface area contributed by atoms with Crippen LogP contribution in [0.5, 0.6) is 0 Å². The molecule has 4 N–H and O–H groups in total. The van der Waals surface area contributed by atoms with Crippen molar-refractivity contribution < 1.29 is 9.90 Å². The topological polar surface area (TPSA) is 88.2 Å². The van der Waals surface area contributed by atoms with Crippen molar-refractivity contribution in [3.8, 4) is 0 Å². The maximum Gasteiger partial charge on any atom is 0.354 e. The third-order valence-electron chi connectivity index (χ3n) is 2.53. The third-order valence-corrected chi connectivity index (χ3v) is 3.55. The lowest BCUT2D eigenvalue weighted by atomic mass is 10.3. The number of nitrogens with zero attached hydrogens (tertiary/aromatic N) is 1. The molecule has 0 aliphatic heterocycles. The lowest BCUT2D eigenvalue weighted by Crippen LogP contribution is -2.08. The summed E-state index contributed by atoms with van der Waals surface area (Å²) in [5.74, 6) is -0.659. The smallest absolute Gasteiger partial charge is 0.354 e. The van der Waals surface area contributed by atoms with E-state index in [-0.39, 0.29) is 5.69 Å². The standard InChI is InChI=1S/C12H13N3O2S/c1-7-4-5-18-10(7)6-14-11-8(13)2-3-9(15-11)12(16)17/h2-5H,6,13H2,1H3,(H,14,15)(H,16,17). The number of hydrogen-bond acceptors (Lipinski definition) is 5. The lowest BCUT2D eigenvalue weighted by Gasteiger charge is -2.08. The number of thiophene rings is 1. The molecule has 0 fully saturated rings. The van der Waals surface area contributed by atoms with E-state index >= 15 is 0 Å². The number of hydrogen-bond donors (Lipinski definition) is 3. The zero-order chi connectivity index (χ0) is 13.1. The fourth-order valence-electron chi connectivity index (χ4n) is 1.48. The Balaban J connectivity index is 2.16. The van der Waals surface area contributed by atoms with Crippen molar-refractivity contribution in [2.45, 2.75) is 13.5 Å². The summed E-state index contributed by atoms with van der Waals surface area (Å²) in [4.78, 5) is 16.0. The Bertz CT molecular complexity index is 580. The van der Waals surface area contributed by atoms with Crippen LogP contribution in [0, 0.1) is 6.92 Å². The number of carbonyl (C=O) groups is 1. The van der Waals surface area contributed by atoms with Gasteiger partial charge in [0, 0.05) is 4.88 Å². The fraction of sp³-hybridized carbons (Fsp3) is 0.167. The minimum Gasteiger partial charge on any atom is -0.477 e. The minimum atomic E-state index is -1.06. The second kappa shape index (κ2) is 5.05. The zero-order valence-corrected chi connectivity index (χ0v) is 10.6. The molecule has 0 aliphatic rings. The number of anilines is 2. The van der Waals surface area contributed by atoms with Crippen LogP contribution < -0.4 is 11.1 Å². The van der Waals surface area contributed by atoms with Crippen molar-refractivity contribution in [2.24, 2.45) is 0 Å². The largest absolute Gasteiger partial charge is 0.477 e. The van der Waals surface area contributed by atoms with Crippen LogP contribution in [0.15, 0.2) is 23.6 Å². The molecule has 0 radical (unpaired) electrons. The van der Waals surface area contributed by atoms with Gasteiger partial charge >= 0.3 is 5.97 Å². The molecule has 18 heavy (non-hydrogen) atoms. The molecule has 0 saturated carbocycles. The first kappa shape index (κ1) is 12.4. The van der Waals surface area contributed by atoms with Gasteiger partial charge in [-0.3, -0.25) is 0 Å². The molecule has 0 bridgehead atoms. The number of aromatic nitrogens is 1. The van der Waals surface area contributed by atoms with Crippen LogP contribution >= 0.6 is 11.3 Å². The van der Waals surface area contributed by atoms with Crippen LogP contribution in [0.1, 0.15) is 20.9 Å². The number of carboxylic acids is 1. The molecular weight excluding hydrogens is 250 g/mol. The SMILES string of the molecule is Cc1ccsc1CNc1nc(C(=O)O)ccc1N. The number of nitrogen functional groups attached to an aromatic ring is 1. The molecule has 0 aromatic carbocycles. The van der Waals surface area contributed by atoms with E-state index in [0.717, 1.165) is 0 Å². The van der Waals surface area contributed by atoms with Crippen molar-refractivity contribution >= 4 is 28.8 Å². The van der Waals surface area contributed by atoms with Crippen LogP contribution in [0.25, 0.3) is 0 Å². The normalized spacial score (nSPS) is 10.3. The van der Waals surface area contributed by atoms with Crippen LogP contribution in [0.4, 0.5) is 11.5 Å². The summed E-state index contributed by atoms with van der Waals surface area (Å²) in [6, 6.07) is 4.96. The first-order chi connectivity index (χ1) is 8.58. The molecule has 0 aliphatic carbocycles. The number of rotatable bonds is 4. The summed E-state index contributed by atoms with van der Waals surface area (Å²) in [6.45, 7) is 2.61. The maximum absolute atomic E-state index is 10.8. The first-order valence-electron chi connectivity index (χ1n) is 5.34. The molecule has 0 saturated heterocycles. The van der Waals surface area contributed by atoms with E-state index in [4.69, 9.17) is 10.8 Å². The molecule has 2 rings (SSSR count). The highest BCUT2D eigenvalue weighted by molar-refractivity contribution is 7.10. The van der Waals surface area contributed by atoms with E-state index in [1.165, 1.54) is 16.5 Å². The van der Waals surface area contributed by atoms with Gasteiger partial charge in [-0.25, -0.2) is 9.78 Å². The number of aryl methyl sites for hydroxylation is 1. The highest BCUT2D eigenvalue weighted by Gasteiger charge is 2.09. The van der Waals surface area contributed by atoms with Gasteiger partial charge in [-0.2, -0.15) is 0 Å². The summed E-state index contributed by atoms with van der Waals surface area (Å²) in [5, 5.41) is 13.9. The summed E-state index contributed by atoms with van der Waals surface area (Å²) in [5.41, 5.74) is 7.37. The summed E-state index contributed by atoms with van der Waals surface area (Å²) in [6.07, 6.45) is 0. The molecule has 5 nitrogen and oxygen atoms in total. The molecule has 94 valence electrons. The number of carboxylic acid groups (broad SMARTS) is 1. The lowest BCUT2D eigenvalue weighted by molar-refractivity contribution is 0.0690. The monoisotopic (exact) mass is 263 g/mol. The Labute approximate surface area is 108 Å². The van der Waals surface area contributed by atoms with Crippen molar-refractivity contribution in [1.82, 2.24) is 4.98 Å². The fourth-order valence-corrected chi connectivity index (χ4v) is 2.33. The van der Waals surface area contributed by atoms with Crippen molar-refractivity contribution in [2.75, 3.05) is 11.1 Å². The number of pyridine rings is 1. The zero-order valence-electron chi connectivity index (χ0n) is 9.80. The van der Waals surface area contributed by atoms with Crippen LogP contribution in [0.3, 0.4) is 0 Å². The number of nitrogens with two attached hydrogens (primary N) is 1. The van der Waals surface area contributed by atoms with Gasteiger partial charge in [0.1, 0.15) is 0 Å². The molecule has 0 spiro atoms. The molecule has 2 aromatic rings. The summed E-state index contributed by atoms with van der Waals surface area (Å²) >= 11 is 1.64. The third kappa shape index (κ3) is 2.60. The number of nitrogens with one attached hydrogen (secondary N) is 1.